The average molecular weight is 446 g/mol. The van der Waals surface area contributed by atoms with E-state index < -0.39 is 10.0 Å². The Kier molecular flexibility index (Phi) is 6.56. The Morgan fingerprint density at radius 2 is 1.77 bits per heavy atom. The number of carbonyl (C=O) groups excluding carboxylic acids is 1. The van der Waals surface area contributed by atoms with Gasteiger partial charge in [0.25, 0.3) is 5.56 Å². The summed E-state index contributed by atoms with van der Waals surface area (Å²) >= 11 is 0. The topological polar surface area (TPSA) is 143 Å². The van der Waals surface area contributed by atoms with Gasteiger partial charge in [-0.2, -0.15) is 0 Å². The normalized spacial score (nSPS) is 11.3. The van der Waals surface area contributed by atoms with Crippen molar-refractivity contribution >= 4 is 26.8 Å². The predicted molar refractivity (Wildman–Crippen MR) is 114 cm³/mol. The maximum absolute atomic E-state index is 12.7. The third kappa shape index (κ3) is 5.19. The molecular formula is C20H22N4O6S. The van der Waals surface area contributed by atoms with E-state index >= 15 is 0 Å². The Morgan fingerprint density at radius 1 is 1.13 bits per heavy atom. The number of amides is 1. The highest BCUT2D eigenvalue weighted by atomic mass is 32.2. The minimum absolute atomic E-state index is 0.0257. The number of hydrogen-bond acceptors (Lipinski definition) is 7. The largest absolute Gasteiger partial charge is 0.493 e. The highest BCUT2D eigenvalue weighted by Crippen LogP contribution is 2.29. The summed E-state index contributed by atoms with van der Waals surface area (Å²) in [7, 11) is -0.783. The zero-order chi connectivity index (χ0) is 22.6. The molecule has 0 saturated carbocycles. The van der Waals surface area contributed by atoms with Gasteiger partial charge in [0.1, 0.15) is 6.54 Å². The van der Waals surface area contributed by atoms with Gasteiger partial charge >= 0.3 is 0 Å². The molecule has 0 spiro atoms. The summed E-state index contributed by atoms with van der Waals surface area (Å²) in [5.74, 6) is 0.490. The van der Waals surface area contributed by atoms with E-state index in [1.807, 2.05) is 0 Å². The van der Waals surface area contributed by atoms with E-state index in [1.165, 1.54) is 43.3 Å². The van der Waals surface area contributed by atoms with Crippen molar-refractivity contribution in [2.45, 2.75) is 17.9 Å². The van der Waals surface area contributed by atoms with Crippen molar-refractivity contribution in [3.63, 3.8) is 0 Å². The van der Waals surface area contributed by atoms with Crippen LogP contribution in [0.1, 0.15) is 5.56 Å². The number of carbonyl (C=O) groups is 1. The molecule has 0 bridgehead atoms. The number of benzene rings is 2. The summed E-state index contributed by atoms with van der Waals surface area (Å²) < 4.78 is 34.2. The van der Waals surface area contributed by atoms with Crippen LogP contribution in [-0.4, -0.2) is 44.6 Å². The van der Waals surface area contributed by atoms with Gasteiger partial charge in [-0.05, 0) is 30.2 Å². The minimum atomic E-state index is -3.74. The Hall–Kier alpha value is -3.44. The fraction of sp³-hybridized carbons (Fsp3) is 0.250. The molecule has 0 radical (unpaired) electrons. The molecule has 0 saturated heterocycles. The van der Waals surface area contributed by atoms with Crippen molar-refractivity contribution in [3.05, 3.63) is 58.6 Å². The van der Waals surface area contributed by atoms with Crippen molar-refractivity contribution in [2.75, 3.05) is 20.8 Å². The molecule has 0 aliphatic heterocycles. The highest BCUT2D eigenvalue weighted by molar-refractivity contribution is 7.89. The zero-order valence-electron chi connectivity index (χ0n) is 17.0. The number of nitrogens with zero attached hydrogens (tertiary/aromatic N) is 2. The summed E-state index contributed by atoms with van der Waals surface area (Å²) in [6.07, 6.45) is 1.79. The molecule has 1 aromatic heterocycles. The molecule has 0 aliphatic rings. The van der Waals surface area contributed by atoms with E-state index in [4.69, 9.17) is 14.6 Å². The maximum atomic E-state index is 12.7. The third-order valence-corrected chi connectivity index (χ3v) is 5.56. The van der Waals surface area contributed by atoms with Crippen molar-refractivity contribution in [3.8, 4) is 11.5 Å². The van der Waals surface area contributed by atoms with Crippen LogP contribution in [0.5, 0.6) is 11.5 Å². The lowest BCUT2D eigenvalue weighted by atomic mass is 10.1. The van der Waals surface area contributed by atoms with Crippen LogP contribution in [-0.2, 0) is 27.8 Å². The smallest absolute Gasteiger partial charge is 0.261 e. The number of primary sulfonamides is 1. The molecular weight excluding hydrogens is 424 g/mol. The second kappa shape index (κ2) is 9.14. The lowest BCUT2D eigenvalue weighted by Gasteiger charge is -2.11. The van der Waals surface area contributed by atoms with Crippen LogP contribution in [0.2, 0.25) is 0 Å². The number of ether oxygens (including phenoxy) is 2. The van der Waals surface area contributed by atoms with E-state index in [2.05, 4.69) is 10.3 Å². The van der Waals surface area contributed by atoms with Gasteiger partial charge < -0.3 is 14.8 Å². The van der Waals surface area contributed by atoms with Crippen LogP contribution in [0, 0.1) is 0 Å². The molecule has 3 aromatic rings. The van der Waals surface area contributed by atoms with Crippen LogP contribution in [0.3, 0.4) is 0 Å². The Bertz CT molecular complexity index is 1270. The Morgan fingerprint density at radius 3 is 2.39 bits per heavy atom. The molecule has 3 N–H and O–H groups in total. The van der Waals surface area contributed by atoms with Gasteiger partial charge in [0, 0.05) is 12.6 Å². The fourth-order valence-electron chi connectivity index (χ4n) is 3.00. The molecule has 0 unspecified atom stereocenters. The summed E-state index contributed by atoms with van der Waals surface area (Å²) in [5, 5.41) is 8.10. The molecule has 2 aromatic carbocycles. The lowest BCUT2D eigenvalue weighted by molar-refractivity contribution is -0.121. The number of nitrogens with one attached hydrogen (secondary N) is 1. The van der Waals surface area contributed by atoms with E-state index in [0.717, 1.165) is 5.56 Å². The van der Waals surface area contributed by atoms with Crippen LogP contribution >= 0.6 is 0 Å². The molecule has 1 heterocycles. The van der Waals surface area contributed by atoms with Crippen molar-refractivity contribution < 1.29 is 22.7 Å². The van der Waals surface area contributed by atoms with Gasteiger partial charge in [0.15, 0.2) is 11.5 Å². The first-order chi connectivity index (χ1) is 14.7. The first kappa shape index (κ1) is 22.2. The molecule has 31 heavy (non-hydrogen) atoms. The van der Waals surface area contributed by atoms with Crippen LogP contribution < -0.4 is 25.5 Å². The molecule has 10 nitrogen and oxygen atoms in total. The lowest BCUT2D eigenvalue weighted by Crippen LogP contribution is -2.33. The second-order valence-corrected chi connectivity index (χ2v) is 8.25. The van der Waals surface area contributed by atoms with Gasteiger partial charge in [0.05, 0.1) is 36.3 Å². The van der Waals surface area contributed by atoms with Crippen LogP contribution in [0.4, 0.5) is 0 Å². The Balaban J connectivity index is 1.65. The third-order valence-electron chi connectivity index (χ3n) is 4.63. The number of hydrogen-bond donors (Lipinski definition) is 2. The fourth-order valence-corrected chi connectivity index (χ4v) is 3.52. The number of sulfonamides is 1. The molecule has 0 fully saturated rings. The Labute approximate surface area is 178 Å². The predicted octanol–water partition coefficient (Wildman–Crippen LogP) is 0.420. The molecule has 11 heteroatoms. The molecule has 1 amide bonds. The summed E-state index contributed by atoms with van der Waals surface area (Å²) in [6, 6.07) is 9.22. The van der Waals surface area contributed by atoms with E-state index in [0.29, 0.717) is 35.4 Å². The van der Waals surface area contributed by atoms with Crippen LogP contribution in [0.25, 0.3) is 10.9 Å². The summed E-state index contributed by atoms with van der Waals surface area (Å²) in [4.78, 5) is 29.2. The SMILES string of the molecule is COc1cc2ncn(CC(=O)NCCc3ccc(S(N)(=O)=O)cc3)c(=O)c2cc1OC. The van der Waals surface area contributed by atoms with Gasteiger partial charge in [-0.3, -0.25) is 14.2 Å². The van der Waals surface area contributed by atoms with E-state index in [1.54, 1.807) is 18.2 Å². The second-order valence-electron chi connectivity index (χ2n) is 6.69. The molecule has 164 valence electrons. The highest BCUT2D eigenvalue weighted by Gasteiger charge is 2.13. The first-order valence-corrected chi connectivity index (χ1v) is 10.8. The molecule has 3 rings (SSSR count). The van der Waals surface area contributed by atoms with Gasteiger partial charge in [-0.15, -0.1) is 0 Å². The van der Waals surface area contributed by atoms with Crippen molar-refractivity contribution in [1.29, 1.82) is 0 Å². The number of fused-ring (bicyclic) bond motifs is 1. The van der Waals surface area contributed by atoms with Crippen molar-refractivity contribution in [2.24, 2.45) is 5.14 Å². The number of aromatic nitrogens is 2. The number of methoxy groups -OCH3 is 2. The van der Waals surface area contributed by atoms with Crippen LogP contribution in [0.15, 0.2) is 52.4 Å². The standard InChI is InChI=1S/C20H22N4O6S/c1-29-17-9-15-16(10-18(17)30-2)23-12-24(20(15)26)11-19(25)22-8-7-13-3-5-14(6-4-13)31(21,27)28/h3-6,9-10,12H,7-8,11H2,1-2H3,(H,22,25)(H2,21,27,28). The average Bonchev–Trinajstić information content (AvgIpc) is 2.74. The zero-order valence-corrected chi connectivity index (χ0v) is 17.8. The number of rotatable bonds is 8. The maximum Gasteiger partial charge on any atom is 0.261 e. The first-order valence-electron chi connectivity index (χ1n) is 9.22. The summed E-state index contributed by atoms with van der Waals surface area (Å²) in [6.45, 7) is 0.120. The van der Waals surface area contributed by atoms with E-state index in [9.17, 15) is 18.0 Å². The minimum Gasteiger partial charge on any atom is -0.493 e. The number of nitrogens with two attached hydrogens (primary N) is 1. The summed E-state index contributed by atoms with van der Waals surface area (Å²) in [5.41, 5.74) is 0.889. The van der Waals surface area contributed by atoms with Gasteiger partial charge in [-0.1, -0.05) is 12.1 Å². The monoisotopic (exact) mass is 446 g/mol. The van der Waals surface area contributed by atoms with E-state index in [-0.39, 0.29) is 22.9 Å². The molecule has 0 atom stereocenters. The van der Waals surface area contributed by atoms with Gasteiger partial charge in [0.2, 0.25) is 15.9 Å². The van der Waals surface area contributed by atoms with Crippen molar-refractivity contribution in [1.82, 2.24) is 14.9 Å². The van der Waals surface area contributed by atoms with Gasteiger partial charge in [-0.25, -0.2) is 18.5 Å². The quantitative estimate of drug-likeness (QED) is 0.510. The molecule has 0 aliphatic carbocycles.